The van der Waals surface area contributed by atoms with Crippen LogP contribution < -0.4 is 4.74 Å². The van der Waals surface area contributed by atoms with E-state index in [-0.39, 0.29) is 5.75 Å². The Morgan fingerprint density at radius 3 is 2.96 bits per heavy atom. The zero-order valence-corrected chi connectivity index (χ0v) is 14.0. The number of aliphatic imine (C=N–C) groups is 1. The van der Waals surface area contributed by atoms with E-state index in [9.17, 15) is 5.11 Å². The molecule has 0 aliphatic carbocycles. The van der Waals surface area contributed by atoms with E-state index in [1.165, 1.54) is 5.56 Å². The van der Waals surface area contributed by atoms with E-state index in [1.54, 1.807) is 30.6 Å². The molecule has 3 aromatic rings. The number of rotatable bonds is 2. The van der Waals surface area contributed by atoms with Crippen LogP contribution in [0.5, 0.6) is 11.5 Å². The minimum absolute atomic E-state index is 0.245. The molecule has 3 nitrogen and oxygen atoms in total. The Balaban J connectivity index is 1.93. The highest BCUT2D eigenvalue weighted by Crippen LogP contribution is 2.40. The molecule has 0 unspecified atom stereocenters. The summed E-state index contributed by atoms with van der Waals surface area (Å²) in [4.78, 5) is 5.67. The number of ether oxygens (including phenoxy) is 1. The Hall–Kier alpha value is -2.04. The molecule has 0 atom stereocenters. The lowest BCUT2D eigenvalue weighted by Gasteiger charge is -2.19. The second kappa shape index (κ2) is 5.55. The minimum Gasteiger partial charge on any atom is -0.508 e. The van der Waals surface area contributed by atoms with Gasteiger partial charge in [0.2, 0.25) is 0 Å². The van der Waals surface area contributed by atoms with Crippen molar-refractivity contribution in [3.05, 3.63) is 57.4 Å². The molecule has 116 valence electrons. The van der Waals surface area contributed by atoms with Crippen molar-refractivity contribution in [3.8, 4) is 11.5 Å². The number of hydrogen-bond acceptors (Lipinski definition) is 4. The Kier molecular flexibility index (Phi) is 3.51. The zero-order valence-electron chi connectivity index (χ0n) is 12.5. The molecule has 1 aliphatic heterocycles. The van der Waals surface area contributed by atoms with Crippen LogP contribution in [0.25, 0.3) is 10.1 Å². The third kappa shape index (κ3) is 2.30. The molecule has 2 heterocycles. The lowest BCUT2D eigenvalue weighted by Crippen LogP contribution is -2.14. The number of benzene rings is 2. The third-order valence-electron chi connectivity index (χ3n) is 4.07. The predicted octanol–water partition coefficient (Wildman–Crippen LogP) is 4.66. The van der Waals surface area contributed by atoms with Crippen LogP contribution in [0.3, 0.4) is 0 Å². The highest BCUT2D eigenvalue weighted by atomic mass is 35.5. The number of fused-ring (bicyclic) bond motifs is 2. The van der Waals surface area contributed by atoms with Crippen LogP contribution in [0.4, 0.5) is 0 Å². The van der Waals surface area contributed by atoms with Crippen LogP contribution in [0.15, 0.2) is 41.4 Å². The van der Waals surface area contributed by atoms with Crippen molar-refractivity contribution in [1.82, 2.24) is 0 Å². The van der Waals surface area contributed by atoms with Crippen molar-refractivity contribution in [1.29, 1.82) is 0 Å². The molecular formula is C18H14ClNO2S. The molecular weight excluding hydrogens is 330 g/mol. The van der Waals surface area contributed by atoms with Crippen LogP contribution in [-0.4, -0.2) is 24.5 Å². The lowest BCUT2D eigenvalue weighted by molar-refractivity contribution is 0.409. The summed E-state index contributed by atoms with van der Waals surface area (Å²) in [5.74, 6) is 1.14. The van der Waals surface area contributed by atoms with Crippen LogP contribution in [0, 0.1) is 0 Å². The summed E-state index contributed by atoms with van der Waals surface area (Å²) < 4.78 is 6.44. The van der Waals surface area contributed by atoms with E-state index in [0.29, 0.717) is 5.02 Å². The van der Waals surface area contributed by atoms with Gasteiger partial charge in [0.05, 0.1) is 22.7 Å². The normalized spacial score (nSPS) is 13.7. The second-order valence-electron chi connectivity index (χ2n) is 5.39. The van der Waals surface area contributed by atoms with E-state index in [2.05, 4.69) is 6.07 Å². The molecule has 4 rings (SSSR count). The van der Waals surface area contributed by atoms with E-state index >= 15 is 0 Å². The molecule has 0 spiro atoms. The smallest absolute Gasteiger partial charge is 0.122 e. The number of thiophene rings is 1. The Labute approximate surface area is 142 Å². The molecule has 0 saturated carbocycles. The van der Waals surface area contributed by atoms with Gasteiger partial charge >= 0.3 is 0 Å². The van der Waals surface area contributed by atoms with Gasteiger partial charge in [0, 0.05) is 27.8 Å². The number of halogens is 1. The molecule has 1 aliphatic rings. The van der Waals surface area contributed by atoms with Crippen LogP contribution in [-0.2, 0) is 6.42 Å². The first kappa shape index (κ1) is 14.5. The highest BCUT2D eigenvalue weighted by molar-refractivity contribution is 7.22. The van der Waals surface area contributed by atoms with Gasteiger partial charge in [0.15, 0.2) is 0 Å². The summed E-state index contributed by atoms with van der Waals surface area (Å²) in [5.41, 5.74) is 3.17. The number of phenols is 1. The number of phenolic OH excluding ortho intramolecular Hbond substituents is 1. The first-order valence-electron chi connectivity index (χ1n) is 7.31. The fourth-order valence-corrected chi connectivity index (χ4v) is 4.58. The Bertz CT molecular complexity index is 946. The maximum atomic E-state index is 9.68. The average molecular weight is 344 g/mol. The molecule has 0 radical (unpaired) electrons. The molecule has 0 fully saturated rings. The lowest BCUT2D eigenvalue weighted by atomic mass is 9.95. The van der Waals surface area contributed by atoms with Crippen LogP contribution in [0.1, 0.15) is 16.0 Å². The van der Waals surface area contributed by atoms with E-state index in [1.807, 2.05) is 18.2 Å². The van der Waals surface area contributed by atoms with E-state index in [4.69, 9.17) is 21.3 Å². The fourth-order valence-electron chi connectivity index (χ4n) is 3.00. The molecule has 2 aromatic carbocycles. The average Bonchev–Trinajstić information content (AvgIpc) is 2.89. The van der Waals surface area contributed by atoms with Crippen LogP contribution in [0.2, 0.25) is 5.02 Å². The summed E-state index contributed by atoms with van der Waals surface area (Å²) in [6.45, 7) is 0.721. The van der Waals surface area contributed by atoms with Gasteiger partial charge in [-0.3, -0.25) is 4.99 Å². The van der Waals surface area contributed by atoms with Crippen molar-refractivity contribution in [2.24, 2.45) is 4.99 Å². The Morgan fingerprint density at radius 1 is 1.26 bits per heavy atom. The summed E-state index contributed by atoms with van der Waals surface area (Å²) in [6, 6.07) is 11.3. The van der Waals surface area contributed by atoms with E-state index < -0.39 is 0 Å². The van der Waals surface area contributed by atoms with Crippen molar-refractivity contribution in [2.75, 3.05) is 13.7 Å². The van der Waals surface area contributed by atoms with Gasteiger partial charge in [0.1, 0.15) is 11.5 Å². The Morgan fingerprint density at radius 2 is 2.13 bits per heavy atom. The molecule has 0 saturated heterocycles. The SMILES string of the molecule is COc1cccc2c1CCN=C2c1sc2cc(O)ccc2c1Cl. The molecule has 5 heteroatoms. The maximum absolute atomic E-state index is 9.68. The van der Waals surface area contributed by atoms with Gasteiger partial charge in [-0.1, -0.05) is 23.7 Å². The third-order valence-corrected chi connectivity index (χ3v) is 5.73. The second-order valence-corrected chi connectivity index (χ2v) is 6.82. The fraction of sp³-hybridized carbons (Fsp3) is 0.167. The van der Waals surface area contributed by atoms with Gasteiger partial charge in [-0.05, 0) is 30.7 Å². The number of nitrogens with zero attached hydrogens (tertiary/aromatic N) is 1. The first-order chi connectivity index (χ1) is 11.2. The first-order valence-corrected chi connectivity index (χ1v) is 8.50. The minimum atomic E-state index is 0.245. The van der Waals surface area contributed by atoms with Gasteiger partial charge in [-0.25, -0.2) is 0 Å². The van der Waals surface area contributed by atoms with Gasteiger partial charge in [0.25, 0.3) is 0 Å². The summed E-state index contributed by atoms with van der Waals surface area (Å²) in [5, 5.41) is 11.3. The summed E-state index contributed by atoms with van der Waals surface area (Å²) in [7, 11) is 1.69. The quantitative estimate of drug-likeness (QED) is 0.735. The molecule has 23 heavy (non-hydrogen) atoms. The summed E-state index contributed by atoms with van der Waals surface area (Å²) >= 11 is 8.16. The van der Waals surface area contributed by atoms with Gasteiger partial charge in [-0.2, -0.15) is 0 Å². The predicted molar refractivity (Wildman–Crippen MR) is 95.7 cm³/mol. The number of methoxy groups -OCH3 is 1. The highest BCUT2D eigenvalue weighted by Gasteiger charge is 2.23. The molecule has 0 amide bonds. The monoisotopic (exact) mass is 343 g/mol. The number of aromatic hydroxyl groups is 1. The topological polar surface area (TPSA) is 41.8 Å². The largest absolute Gasteiger partial charge is 0.508 e. The zero-order chi connectivity index (χ0) is 16.0. The van der Waals surface area contributed by atoms with Crippen molar-refractivity contribution >= 4 is 38.7 Å². The standard InChI is InChI=1S/C18H14ClNO2S/c1-22-14-4-2-3-12-11(14)7-8-20-17(12)18-16(19)13-6-5-10(21)9-15(13)23-18/h2-6,9,21H,7-8H2,1H3. The maximum Gasteiger partial charge on any atom is 0.122 e. The molecule has 1 aromatic heterocycles. The number of hydrogen-bond donors (Lipinski definition) is 1. The van der Waals surface area contributed by atoms with E-state index in [0.717, 1.165) is 45.0 Å². The van der Waals surface area contributed by atoms with Crippen molar-refractivity contribution in [2.45, 2.75) is 6.42 Å². The van der Waals surface area contributed by atoms with Gasteiger partial charge < -0.3 is 9.84 Å². The van der Waals surface area contributed by atoms with Crippen LogP contribution >= 0.6 is 22.9 Å². The van der Waals surface area contributed by atoms with Crippen molar-refractivity contribution in [3.63, 3.8) is 0 Å². The van der Waals surface area contributed by atoms with Crippen molar-refractivity contribution < 1.29 is 9.84 Å². The summed E-state index contributed by atoms with van der Waals surface area (Å²) in [6.07, 6.45) is 0.867. The molecule has 0 bridgehead atoms. The molecule has 1 N–H and O–H groups in total. The van der Waals surface area contributed by atoms with Gasteiger partial charge in [-0.15, -0.1) is 11.3 Å².